The van der Waals surface area contributed by atoms with Crippen LogP contribution in [0.25, 0.3) is 0 Å². The highest BCUT2D eigenvalue weighted by Gasteiger charge is 2.29. The Morgan fingerprint density at radius 2 is 2.05 bits per heavy atom. The molecule has 1 N–H and O–H groups in total. The van der Waals surface area contributed by atoms with Gasteiger partial charge in [-0.25, -0.2) is 0 Å². The van der Waals surface area contributed by atoms with Gasteiger partial charge in [0.1, 0.15) is 11.4 Å². The molecule has 0 bridgehead atoms. The summed E-state index contributed by atoms with van der Waals surface area (Å²) in [6.07, 6.45) is 4.97. The first-order valence-electron chi connectivity index (χ1n) is 7.98. The number of ether oxygens (including phenoxy) is 1. The molecule has 0 spiro atoms. The standard InChI is InChI=1S/C18H29NO/c1-14(2)7-5-6-10-19-13-15-8-9-17-16(11-15)12-18(3,4)20-17/h8-9,11,14,19H,5-7,10,12-13H2,1-4H3. The maximum Gasteiger partial charge on any atom is 0.123 e. The second-order valence-electron chi connectivity index (χ2n) is 7.05. The topological polar surface area (TPSA) is 21.3 Å². The Morgan fingerprint density at radius 1 is 1.25 bits per heavy atom. The predicted molar refractivity (Wildman–Crippen MR) is 85.2 cm³/mol. The van der Waals surface area contributed by atoms with Crippen molar-refractivity contribution in [2.75, 3.05) is 6.54 Å². The zero-order chi connectivity index (χ0) is 14.6. The van der Waals surface area contributed by atoms with Gasteiger partial charge in [-0.15, -0.1) is 0 Å². The molecule has 1 aliphatic rings. The van der Waals surface area contributed by atoms with Crippen molar-refractivity contribution in [1.82, 2.24) is 5.32 Å². The second kappa shape index (κ2) is 6.62. The summed E-state index contributed by atoms with van der Waals surface area (Å²) in [6, 6.07) is 6.60. The van der Waals surface area contributed by atoms with E-state index in [0.717, 1.165) is 31.2 Å². The molecule has 1 aromatic rings. The van der Waals surface area contributed by atoms with E-state index in [1.165, 1.54) is 30.4 Å². The Labute approximate surface area is 123 Å². The number of benzene rings is 1. The average molecular weight is 275 g/mol. The number of nitrogens with one attached hydrogen (secondary N) is 1. The summed E-state index contributed by atoms with van der Waals surface area (Å²) in [4.78, 5) is 0. The van der Waals surface area contributed by atoms with Gasteiger partial charge in [-0.2, -0.15) is 0 Å². The fourth-order valence-corrected chi connectivity index (χ4v) is 2.81. The van der Waals surface area contributed by atoms with Crippen LogP contribution >= 0.6 is 0 Å². The third kappa shape index (κ3) is 4.52. The molecule has 112 valence electrons. The molecule has 0 saturated carbocycles. The van der Waals surface area contributed by atoms with E-state index >= 15 is 0 Å². The summed E-state index contributed by atoms with van der Waals surface area (Å²) in [7, 11) is 0. The van der Waals surface area contributed by atoms with Crippen molar-refractivity contribution in [3.8, 4) is 5.75 Å². The van der Waals surface area contributed by atoms with E-state index in [4.69, 9.17) is 4.74 Å². The molecular weight excluding hydrogens is 246 g/mol. The van der Waals surface area contributed by atoms with Crippen LogP contribution in [0.1, 0.15) is 58.1 Å². The first kappa shape index (κ1) is 15.4. The lowest BCUT2D eigenvalue weighted by Crippen LogP contribution is -2.24. The summed E-state index contributed by atoms with van der Waals surface area (Å²) in [5.41, 5.74) is 2.69. The molecule has 2 heteroatoms. The first-order chi connectivity index (χ1) is 9.46. The summed E-state index contributed by atoms with van der Waals surface area (Å²) in [5.74, 6) is 1.89. The fraction of sp³-hybridized carbons (Fsp3) is 0.667. The largest absolute Gasteiger partial charge is 0.487 e. The number of fused-ring (bicyclic) bond motifs is 1. The number of rotatable bonds is 7. The smallest absolute Gasteiger partial charge is 0.123 e. The van der Waals surface area contributed by atoms with Crippen molar-refractivity contribution < 1.29 is 4.74 Å². The van der Waals surface area contributed by atoms with E-state index in [9.17, 15) is 0 Å². The van der Waals surface area contributed by atoms with Crippen LogP contribution in [-0.2, 0) is 13.0 Å². The van der Waals surface area contributed by atoms with Gasteiger partial charge in [0.2, 0.25) is 0 Å². The number of hydrogen-bond donors (Lipinski definition) is 1. The van der Waals surface area contributed by atoms with Gasteiger partial charge in [-0.1, -0.05) is 38.8 Å². The van der Waals surface area contributed by atoms with Crippen LogP contribution in [0.2, 0.25) is 0 Å². The summed E-state index contributed by atoms with van der Waals surface area (Å²) < 4.78 is 5.91. The molecular formula is C18H29NO. The molecule has 20 heavy (non-hydrogen) atoms. The zero-order valence-electron chi connectivity index (χ0n) is 13.5. The number of hydrogen-bond acceptors (Lipinski definition) is 2. The minimum atomic E-state index is -0.0365. The molecule has 1 aromatic carbocycles. The zero-order valence-corrected chi connectivity index (χ0v) is 13.5. The van der Waals surface area contributed by atoms with Crippen molar-refractivity contribution >= 4 is 0 Å². The van der Waals surface area contributed by atoms with Gasteiger partial charge in [-0.3, -0.25) is 0 Å². The van der Waals surface area contributed by atoms with Crippen LogP contribution in [0.5, 0.6) is 5.75 Å². The lowest BCUT2D eigenvalue weighted by molar-refractivity contribution is 0.138. The van der Waals surface area contributed by atoms with Crippen molar-refractivity contribution in [2.45, 2.75) is 65.5 Å². The van der Waals surface area contributed by atoms with Gasteiger partial charge >= 0.3 is 0 Å². The van der Waals surface area contributed by atoms with Crippen LogP contribution in [0.15, 0.2) is 18.2 Å². The Morgan fingerprint density at radius 3 is 2.80 bits per heavy atom. The highest BCUT2D eigenvalue weighted by atomic mass is 16.5. The lowest BCUT2D eigenvalue weighted by Gasteiger charge is -2.16. The van der Waals surface area contributed by atoms with Gasteiger partial charge in [0.25, 0.3) is 0 Å². The molecule has 0 saturated heterocycles. The molecule has 0 aliphatic carbocycles. The third-order valence-electron chi connectivity index (χ3n) is 3.84. The van der Waals surface area contributed by atoms with E-state index in [2.05, 4.69) is 51.2 Å². The van der Waals surface area contributed by atoms with Crippen LogP contribution < -0.4 is 10.1 Å². The van der Waals surface area contributed by atoms with E-state index < -0.39 is 0 Å². The Kier molecular flexibility index (Phi) is 5.09. The first-order valence-corrected chi connectivity index (χ1v) is 7.98. The average Bonchev–Trinajstić information content (AvgIpc) is 2.66. The van der Waals surface area contributed by atoms with Gasteiger partial charge < -0.3 is 10.1 Å². The molecule has 0 amide bonds. The second-order valence-corrected chi connectivity index (χ2v) is 7.05. The van der Waals surface area contributed by atoms with E-state index in [1.807, 2.05) is 0 Å². The van der Waals surface area contributed by atoms with Gasteiger partial charge in [0.05, 0.1) is 0 Å². The number of unbranched alkanes of at least 4 members (excludes halogenated alkanes) is 1. The maximum atomic E-state index is 5.91. The van der Waals surface area contributed by atoms with Crippen molar-refractivity contribution in [3.05, 3.63) is 29.3 Å². The van der Waals surface area contributed by atoms with Crippen LogP contribution in [0, 0.1) is 5.92 Å². The Hall–Kier alpha value is -1.02. The Balaban J connectivity index is 1.73. The van der Waals surface area contributed by atoms with E-state index in [0.29, 0.717) is 0 Å². The molecule has 0 fully saturated rings. The monoisotopic (exact) mass is 275 g/mol. The predicted octanol–water partition coefficient (Wildman–Crippen LogP) is 4.32. The van der Waals surface area contributed by atoms with Gasteiger partial charge in [0.15, 0.2) is 0 Å². The molecule has 0 unspecified atom stereocenters. The van der Waals surface area contributed by atoms with Crippen LogP contribution in [-0.4, -0.2) is 12.1 Å². The van der Waals surface area contributed by atoms with Crippen molar-refractivity contribution in [2.24, 2.45) is 5.92 Å². The van der Waals surface area contributed by atoms with E-state index in [1.54, 1.807) is 0 Å². The quantitative estimate of drug-likeness (QED) is 0.748. The summed E-state index contributed by atoms with van der Waals surface area (Å²) in [6.45, 7) is 11.0. The van der Waals surface area contributed by atoms with Gasteiger partial charge in [-0.05, 0) is 49.9 Å². The van der Waals surface area contributed by atoms with Gasteiger partial charge in [0, 0.05) is 13.0 Å². The van der Waals surface area contributed by atoms with E-state index in [-0.39, 0.29) is 5.60 Å². The molecule has 1 aliphatic heterocycles. The minimum Gasteiger partial charge on any atom is -0.487 e. The fourth-order valence-electron chi connectivity index (χ4n) is 2.81. The summed E-state index contributed by atoms with van der Waals surface area (Å²) >= 11 is 0. The molecule has 0 aromatic heterocycles. The Bertz CT molecular complexity index is 437. The molecule has 2 nitrogen and oxygen atoms in total. The van der Waals surface area contributed by atoms with Crippen molar-refractivity contribution in [1.29, 1.82) is 0 Å². The molecule has 0 atom stereocenters. The SMILES string of the molecule is CC(C)CCCCNCc1ccc2c(c1)CC(C)(C)O2. The highest BCUT2D eigenvalue weighted by Crippen LogP contribution is 2.35. The van der Waals surface area contributed by atoms with Crippen LogP contribution in [0.3, 0.4) is 0 Å². The maximum absolute atomic E-state index is 5.91. The summed E-state index contributed by atoms with van der Waals surface area (Å²) in [5, 5.41) is 3.55. The lowest BCUT2D eigenvalue weighted by atomic mass is 10.0. The minimum absolute atomic E-state index is 0.0365. The molecule has 0 radical (unpaired) electrons. The van der Waals surface area contributed by atoms with Crippen LogP contribution in [0.4, 0.5) is 0 Å². The van der Waals surface area contributed by atoms with Crippen molar-refractivity contribution in [3.63, 3.8) is 0 Å². The normalized spacial score (nSPS) is 16.2. The molecule has 1 heterocycles. The molecule has 2 rings (SSSR count). The highest BCUT2D eigenvalue weighted by molar-refractivity contribution is 5.41. The third-order valence-corrected chi connectivity index (χ3v) is 3.84.